The summed E-state index contributed by atoms with van der Waals surface area (Å²) in [5, 5.41) is 13.2. The van der Waals surface area contributed by atoms with Crippen LogP contribution in [-0.4, -0.2) is 84.9 Å². The van der Waals surface area contributed by atoms with Crippen molar-refractivity contribution >= 4 is 41.2 Å². The minimum Gasteiger partial charge on any atom is -0.359 e. The quantitative estimate of drug-likeness (QED) is 0.0812. The van der Waals surface area contributed by atoms with E-state index in [1.54, 1.807) is 27.8 Å². The Morgan fingerprint density at radius 3 is 1.92 bits per heavy atom. The highest BCUT2D eigenvalue weighted by Gasteiger charge is 2.32. The number of amides is 6. The van der Waals surface area contributed by atoms with Crippen LogP contribution in [0.5, 0.6) is 0 Å². The molecule has 0 spiro atoms. The molecular weight excluding hydrogens is 640 g/mol. The molecule has 0 heterocycles. The molecule has 13 heteroatoms. The summed E-state index contributed by atoms with van der Waals surface area (Å²) in [4.78, 5) is 91.2. The summed E-state index contributed by atoms with van der Waals surface area (Å²) in [5.74, 6) is -3.67. The van der Waals surface area contributed by atoms with Gasteiger partial charge in [-0.15, -0.1) is 0 Å². The molecule has 1 aromatic rings. The number of hydrogen-bond acceptors (Lipinski definition) is 7. The summed E-state index contributed by atoms with van der Waals surface area (Å²) in [6, 6.07) is 6.76. The van der Waals surface area contributed by atoms with Crippen LogP contribution in [-0.2, 0) is 33.6 Å². The van der Waals surface area contributed by atoms with Gasteiger partial charge < -0.3 is 31.5 Å². The predicted octanol–water partition coefficient (Wildman–Crippen LogP) is 2.94. The minimum atomic E-state index is -1.07. The molecule has 0 aliphatic heterocycles. The number of carbonyl (C=O) groups excluding carboxylic acids is 7. The zero-order valence-electron chi connectivity index (χ0n) is 31.1. The second-order valence-corrected chi connectivity index (χ2v) is 13.3. The van der Waals surface area contributed by atoms with Gasteiger partial charge in [-0.25, -0.2) is 0 Å². The molecule has 0 saturated carbocycles. The zero-order chi connectivity index (χ0) is 37.6. The van der Waals surface area contributed by atoms with Crippen LogP contribution in [0, 0.1) is 11.8 Å². The number of Topliss-reactive ketones (excluding diaryl/α,β-unsaturated/α-hetero) is 1. The summed E-state index contributed by atoms with van der Waals surface area (Å²) in [5.41, 5.74) is 0.833. The number of ketones is 1. The second kappa shape index (κ2) is 24.0. The van der Waals surface area contributed by atoms with Crippen LogP contribution < -0.4 is 26.6 Å². The Labute approximate surface area is 297 Å². The van der Waals surface area contributed by atoms with Crippen molar-refractivity contribution in [3.05, 3.63) is 35.9 Å². The molecule has 0 bridgehead atoms. The number of unbranched alkanes of at least 4 members (excludes halogenated alkanes) is 1. The van der Waals surface area contributed by atoms with Crippen LogP contribution in [0.25, 0.3) is 0 Å². The topological polar surface area (TPSA) is 183 Å². The van der Waals surface area contributed by atoms with Crippen molar-refractivity contribution in [1.82, 2.24) is 31.5 Å². The predicted molar refractivity (Wildman–Crippen MR) is 192 cm³/mol. The van der Waals surface area contributed by atoms with Gasteiger partial charge >= 0.3 is 0 Å². The van der Waals surface area contributed by atoms with E-state index in [1.807, 2.05) is 37.3 Å². The third-order valence-corrected chi connectivity index (χ3v) is 8.45. The summed E-state index contributed by atoms with van der Waals surface area (Å²) < 4.78 is 0. The number of carbonyl (C=O) groups is 7. The standard InChI is InChI=1S/C37H60N6O7/c1-8-15-26(5)21-22-43(37(50)34(25(3)4)42-32(46)23-39-31(45)20-14-13-19-30(44)38-7)24-33(47)41-29(16-9-2)35(48)36(49)40-27(6)28-17-11-10-12-18-28/h10-12,17-18,25-27,29,34H,8-9,13-16,19-24H2,1-7H3,(H,38,44)(H,39,45)(H,40,49)(H,41,47)(H,42,46)/t26?,27-,29?,34?/m0/s1. The van der Waals surface area contributed by atoms with E-state index in [2.05, 4.69) is 40.4 Å². The smallest absolute Gasteiger partial charge is 0.290 e. The average Bonchev–Trinajstić information content (AvgIpc) is 3.09. The van der Waals surface area contributed by atoms with E-state index < -0.39 is 47.5 Å². The molecule has 0 radical (unpaired) electrons. The maximum Gasteiger partial charge on any atom is 0.290 e. The maximum atomic E-state index is 13.9. The largest absolute Gasteiger partial charge is 0.359 e. The fraction of sp³-hybridized carbons (Fsp3) is 0.649. The van der Waals surface area contributed by atoms with E-state index in [-0.39, 0.29) is 56.1 Å². The van der Waals surface area contributed by atoms with Gasteiger partial charge in [-0.3, -0.25) is 33.6 Å². The molecule has 1 rings (SSSR count). The van der Waals surface area contributed by atoms with Crippen LogP contribution in [0.2, 0.25) is 0 Å². The highest BCUT2D eigenvalue weighted by Crippen LogP contribution is 2.14. The first-order chi connectivity index (χ1) is 23.7. The van der Waals surface area contributed by atoms with Gasteiger partial charge in [0.05, 0.1) is 25.2 Å². The molecule has 0 aromatic heterocycles. The van der Waals surface area contributed by atoms with Crippen LogP contribution in [0.3, 0.4) is 0 Å². The Bertz CT molecular complexity index is 1260. The molecule has 50 heavy (non-hydrogen) atoms. The average molecular weight is 701 g/mol. The Kier molecular flexibility index (Phi) is 21.0. The van der Waals surface area contributed by atoms with Crippen molar-refractivity contribution in [3.8, 4) is 0 Å². The molecule has 5 N–H and O–H groups in total. The van der Waals surface area contributed by atoms with Crippen molar-refractivity contribution in [3.63, 3.8) is 0 Å². The van der Waals surface area contributed by atoms with E-state index in [4.69, 9.17) is 0 Å². The molecular formula is C37H60N6O7. The van der Waals surface area contributed by atoms with E-state index in [0.29, 0.717) is 32.1 Å². The van der Waals surface area contributed by atoms with Gasteiger partial charge in [0.15, 0.2) is 0 Å². The van der Waals surface area contributed by atoms with Crippen molar-refractivity contribution in [1.29, 1.82) is 0 Å². The van der Waals surface area contributed by atoms with Gasteiger partial charge in [0.2, 0.25) is 35.3 Å². The van der Waals surface area contributed by atoms with Gasteiger partial charge in [0.25, 0.3) is 5.91 Å². The Balaban J connectivity index is 2.96. The Hall–Kier alpha value is -4.29. The molecule has 6 amide bonds. The first kappa shape index (κ1) is 43.7. The molecule has 13 nitrogen and oxygen atoms in total. The van der Waals surface area contributed by atoms with E-state index >= 15 is 0 Å². The number of nitrogens with one attached hydrogen (secondary N) is 5. The second-order valence-electron chi connectivity index (χ2n) is 13.3. The van der Waals surface area contributed by atoms with Crippen molar-refractivity contribution in [2.75, 3.05) is 26.7 Å². The minimum absolute atomic E-state index is 0.105. The molecule has 4 atom stereocenters. The molecule has 3 unspecified atom stereocenters. The van der Waals surface area contributed by atoms with Crippen molar-refractivity contribution < 1.29 is 33.6 Å². The highest BCUT2D eigenvalue weighted by molar-refractivity contribution is 6.38. The van der Waals surface area contributed by atoms with E-state index in [1.165, 1.54) is 4.90 Å². The molecule has 0 aliphatic rings. The lowest BCUT2D eigenvalue weighted by Crippen LogP contribution is -2.56. The molecule has 0 aliphatic carbocycles. The normalized spacial score (nSPS) is 13.3. The van der Waals surface area contributed by atoms with E-state index in [9.17, 15) is 33.6 Å². The van der Waals surface area contributed by atoms with Gasteiger partial charge in [0.1, 0.15) is 6.04 Å². The third-order valence-electron chi connectivity index (χ3n) is 8.45. The number of rotatable bonds is 24. The van der Waals surface area contributed by atoms with Gasteiger partial charge in [-0.1, -0.05) is 84.2 Å². The lowest BCUT2D eigenvalue weighted by Gasteiger charge is -2.31. The lowest BCUT2D eigenvalue weighted by molar-refractivity contribution is -0.142. The van der Waals surface area contributed by atoms with Gasteiger partial charge in [-0.05, 0) is 50.0 Å². The molecule has 0 fully saturated rings. The first-order valence-corrected chi connectivity index (χ1v) is 18.0. The number of nitrogens with zero attached hydrogens (tertiary/aromatic N) is 1. The van der Waals surface area contributed by atoms with Crippen LogP contribution in [0.1, 0.15) is 111 Å². The van der Waals surface area contributed by atoms with Crippen LogP contribution >= 0.6 is 0 Å². The summed E-state index contributed by atoms with van der Waals surface area (Å²) >= 11 is 0. The zero-order valence-corrected chi connectivity index (χ0v) is 31.1. The summed E-state index contributed by atoms with van der Waals surface area (Å²) in [6.07, 6.45) is 4.80. The Morgan fingerprint density at radius 1 is 0.720 bits per heavy atom. The maximum absolute atomic E-state index is 13.9. The molecule has 280 valence electrons. The van der Waals surface area contributed by atoms with Gasteiger partial charge in [0, 0.05) is 26.4 Å². The fourth-order valence-corrected chi connectivity index (χ4v) is 5.40. The van der Waals surface area contributed by atoms with Crippen LogP contribution in [0.15, 0.2) is 30.3 Å². The van der Waals surface area contributed by atoms with Crippen molar-refractivity contribution in [2.24, 2.45) is 11.8 Å². The summed E-state index contributed by atoms with van der Waals surface area (Å²) in [7, 11) is 1.55. The fourth-order valence-electron chi connectivity index (χ4n) is 5.40. The summed E-state index contributed by atoms with van der Waals surface area (Å²) in [6.45, 7) is 10.9. The Morgan fingerprint density at radius 2 is 1.34 bits per heavy atom. The SMILES string of the molecule is CCCC(C)CCN(CC(=O)NC(CCC)C(=O)C(=O)N[C@@H](C)c1ccccc1)C(=O)C(NC(=O)CNC(=O)CCCCC(=O)NC)C(C)C. The van der Waals surface area contributed by atoms with Crippen molar-refractivity contribution in [2.45, 2.75) is 117 Å². The van der Waals surface area contributed by atoms with Gasteiger partial charge in [-0.2, -0.15) is 0 Å². The highest BCUT2D eigenvalue weighted by atomic mass is 16.2. The third kappa shape index (κ3) is 16.9. The van der Waals surface area contributed by atoms with Crippen LogP contribution in [0.4, 0.5) is 0 Å². The number of hydrogen-bond donors (Lipinski definition) is 5. The molecule has 1 aromatic carbocycles. The molecule has 0 saturated heterocycles. The lowest BCUT2D eigenvalue weighted by atomic mass is 10.00. The monoisotopic (exact) mass is 700 g/mol. The van der Waals surface area contributed by atoms with E-state index in [0.717, 1.165) is 18.4 Å². The number of benzene rings is 1. The first-order valence-electron chi connectivity index (χ1n) is 18.0.